The van der Waals surface area contributed by atoms with Gasteiger partial charge in [0.25, 0.3) is 0 Å². The summed E-state index contributed by atoms with van der Waals surface area (Å²) in [5.74, 6) is -0.333. The minimum atomic E-state index is -0.333. The molecule has 0 heterocycles. The molecule has 0 atom stereocenters. The molecule has 0 fully saturated rings. The van der Waals surface area contributed by atoms with Crippen molar-refractivity contribution >= 4 is 7.28 Å². The zero-order valence-corrected chi connectivity index (χ0v) is 4.08. The smallest absolute Gasteiger partial charge is 0.0917 e. The summed E-state index contributed by atoms with van der Waals surface area (Å²) in [6.07, 6.45) is 0. The van der Waals surface area contributed by atoms with Gasteiger partial charge >= 0.3 is 0 Å². The molecule has 0 saturated carbocycles. The molecule has 5 heavy (non-hydrogen) atoms. The van der Waals surface area contributed by atoms with E-state index in [2.05, 4.69) is 0 Å². The Bertz CT molecular complexity index is 37.3. The van der Waals surface area contributed by atoms with Gasteiger partial charge < -0.3 is 0 Å². The summed E-state index contributed by atoms with van der Waals surface area (Å²) in [7, 11) is 1.85. The lowest BCUT2D eigenvalue weighted by Gasteiger charge is -1.88. The molecule has 1 radical (unpaired) electrons. The molecule has 0 rings (SSSR count). The van der Waals surface area contributed by atoms with E-state index >= 15 is 0 Å². The van der Waals surface area contributed by atoms with Crippen molar-refractivity contribution in [2.24, 2.45) is 0 Å². The molecule has 0 aromatic rings. The van der Waals surface area contributed by atoms with E-state index in [1.165, 1.54) is 0 Å². The van der Waals surface area contributed by atoms with Gasteiger partial charge in [0, 0.05) is 1.37 Å². The molecule has 1 heteroatoms. The first-order valence-electron chi connectivity index (χ1n) is 2.37. The third-order valence-corrected chi connectivity index (χ3v) is 0.577. The van der Waals surface area contributed by atoms with E-state index < -0.39 is 0 Å². The fourth-order valence-electron chi connectivity index (χ4n) is 0. The third-order valence-electron chi connectivity index (χ3n) is 0.577. The van der Waals surface area contributed by atoms with E-state index in [0.717, 1.165) is 0 Å². The van der Waals surface area contributed by atoms with E-state index in [0.29, 0.717) is 0 Å². The first-order chi connectivity index (χ1) is 2.56. The fraction of sp³-hybridized carbons (Fsp3) is 1.00. The molecular weight excluding hydrogens is 58.9 g/mol. The van der Waals surface area contributed by atoms with Crippen LogP contribution in [0.3, 0.4) is 0 Å². The van der Waals surface area contributed by atoms with Gasteiger partial charge in [-0.1, -0.05) is 26.5 Å². The Balaban J connectivity index is 3.17. The summed E-state index contributed by atoms with van der Waals surface area (Å²) in [6, 6.07) is 0. The Morgan fingerprint density at radius 2 is 2.00 bits per heavy atom. The maximum Gasteiger partial charge on any atom is 0.109 e. The lowest BCUT2D eigenvalue weighted by molar-refractivity contribution is 1.06. The van der Waals surface area contributed by atoms with Crippen molar-refractivity contribution in [1.29, 1.82) is 0 Å². The largest absolute Gasteiger partial charge is 0.109 e. The molecule has 0 spiro atoms. The Labute approximate surface area is 36.2 Å². The second kappa shape index (κ2) is 2.31. The highest BCUT2D eigenvalue weighted by Crippen LogP contribution is 1.92. The second-order valence-electron chi connectivity index (χ2n) is 1.37. The predicted octanol–water partition coefficient (Wildman–Crippen LogP) is 1.57. The summed E-state index contributed by atoms with van der Waals surface area (Å²) in [6.45, 7) is 5.60. The minimum Gasteiger partial charge on any atom is -0.0917 e. The van der Waals surface area contributed by atoms with Crippen LogP contribution in [0.4, 0.5) is 0 Å². The van der Waals surface area contributed by atoms with Crippen LogP contribution in [0, 0.1) is 0 Å². The van der Waals surface area contributed by atoms with E-state index in [9.17, 15) is 0 Å². The summed E-state index contributed by atoms with van der Waals surface area (Å²) >= 11 is 0. The van der Waals surface area contributed by atoms with Gasteiger partial charge in [-0.2, -0.15) is 0 Å². The van der Waals surface area contributed by atoms with Gasteiger partial charge in [-0.15, -0.1) is 0 Å². The normalized spacial score (nSPS) is 13.8. The Morgan fingerprint density at radius 3 is 2.00 bits per heavy atom. The van der Waals surface area contributed by atoms with Gasteiger partial charge in [-0.3, -0.25) is 0 Å². The maximum absolute atomic E-state index is 7.12. The van der Waals surface area contributed by atoms with Gasteiger partial charge in [0.15, 0.2) is 0 Å². The highest BCUT2D eigenvalue weighted by molar-refractivity contribution is 6.35. The number of hydrogen-bond acceptors (Lipinski definition) is 0. The van der Waals surface area contributed by atoms with Crippen LogP contribution in [0.1, 0.15) is 15.2 Å². The van der Waals surface area contributed by atoms with Crippen molar-refractivity contribution in [3.05, 3.63) is 0 Å². The van der Waals surface area contributed by atoms with E-state index in [1.54, 1.807) is 0 Å². The van der Waals surface area contributed by atoms with Gasteiger partial charge in [0.1, 0.15) is 7.28 Å². The first kappa shape index (κ1) is 3.26. The molecule has 0 saturated heterocycles. The first-order valence-corrected chi connectivity index (χ1v) is 1.87. The molecule has 0 amide bonds. The summed E-state index contributed by atoms with van der Waals surface area (Å²) in [5.41, 5.74) is 0. The number of rotatable bonds is 1. The zero-order chi connectivity index (χ0) is 5.21. The van der Waals surface area contributed by atoms with Crippen LogP contribution in [0.5, 0.6) is 0 Å². The molecule has 0 N–H and O–H groups in total. The molecular formula is C4H10B. The maximum atomic E-state index is 7.12. The molecule has 0 aliphatic heterocycles. The molecule has 0 bridgehead atoms. The van der Waals surface area contributed by atoms with Gasteiger partial charge in [0.2, 0.25) is 0 Å². The van der Waals surface area contributed by atoms with E-state index in [4.69, 9.17) is 1.37 Å². The molecule has 0 unspecified atom stereocenters. The lowest BCUT2D eigenvalue weighted by atomic mass is 9.69. The average molecular weight is 70.9 g/mol. The topological polar surface area (TPSA) is 0 Å². The van der Waals surface area contributed by atoms with Crippen molar-refractivity contribution in [2.75, 3.05) is 0 Å². The Hall–Kier alpha value is 0.0649. The van der Waals surface area contributed by atoms with Crippen LogP contribution in [0.15, 0.2) is 0 Å². The highest BCUT2D eigenvalue weighted by atomic mass is 13.7. The Kier molecular flexibility index (Phi) is 1.51. The van der Waals surface area contributed by atoms with Gasteiger partial charge in [-0.25, -0.2) is 0 Å². The van der Waals surface area contributed by atoms with Crippen molar-refractivity contribution in [1.82, 2.24) is 0 Å². The van der Waals surface area contributed by atoms with Crippen molar-refractivity contribution in [3.8, 4) is 0 Å². The molecule has 0 aliphatic rings. The summed E-state index contributed by atoms with van der Waals surface area (Å²) in [4.78, 5) is 0. The number of hydrogen-bond donors (Lipinski definition) is 0. The van der Waals surface area contributed by atoms with E-state index in [-0.39, 0.29) is 5.79 Å². The van der Waals surface area contributed by atoms with Crippen LogP contribution in [-0.4, -0.2) is 7.28 Å². The SMILES string of the molecule is [3H]C(C)(C)[B]C. The summed E-state index contributed by atoms with van der Waals surface area (Å²) in [5, 5.41) is 0. The average Bonchev–Trinajstić information content (AvgIpc) is 1.35. The van der Waals surface area contributed by atoms with Crippen LogP contribution in [0.2, 0.25) is 12.6 Å². The quantitative estimate of drug-likeness (QED) is 0.411. The standard InChI is InChI=1S/C4H10B/c1-4(2)5-3/h4H,1-3H3/i4T. The molecule has 0 aromatic carbocycles. The van der Waals surface area contributed by atoms with E-state index in [1.807, 2.05) is 28.0 Å². The van der Waals surface area contributed by atoms with Gasteiger partial charge in [0.05, 0.1) is 0 Å². The second-order valence-corrected chi connectivity index (χ2v) is 1.37. The zero-order valence-electron chi connectivity index (χ0n) is 5.08. The molecule has 0 nitrogen and oxygen atoms in total. The predicted molar refractivity (Wildman–Crippen MR) is 26.7 cm³/mol. The fourth-order valence-corrected chi connectivity index (χ4v) is 0. The van der Waals surface area contributed by atoms with Crippen molar-refractivity contribution in [2.45, 2.75) is 26.5 Å². The minimum absolute atomic E-state index is 0.333. The molecule has 0 aromatic heterocycles. The monoisotopic (exact) mass is 71.1 g/mol. The highest BCUT2D eigenvalue weighted by Gasteiger charge is 1.82. The van der Waals surface area contributed by atoms with Crippen LogP contribution in [0.25, 0.3) is 0 Å². The molecule has 29 valence electrons. The third kappa shape index (κ3) is 4.06. The van der Waals surface area contributed by atoms with Gasteiger partial charge in [-0.05, 0) is 0 Å². The van der Waals surface area contributed by atoms with Crippen LogP contribution < -0.4 is 0 Å². The van der Waals surface area contributed by atoms with Crippen molar-refractivity contribution < 1.29 is 1.37 Å². The summed E-state index contributed by atoms with van der Waals surface area (Å²) < 4.78 is 7.12. The Morgan fingerprint density at radius 1 is 1.80 bits per heavy atom. The lowest BCUT2D eigenvalue weighted by Crippen LogP contribution is -1.83. The molecule has 0 aliphatic carbocycles. The van der Waals surface area contributed by atoms with Crippen molar-refractivity contribution in [3.63, 3.8) is 0 Å². The van der Waals surface area contributed by atoms with Crippen LogP contribution >= 0.6 is 0 Å². The van der Waals surface area contributed by atoms with Crippen LogP contribution in [-0.2, 0) is 0 Å².